The number of benzene rings is 1. The largest absolute Gasteiger partial charge is 0.500 e. The fourth-order valence-electron chi connectivity index (χ4n) is 3.31. The second-order valence-electron chi connectivity index (χ2n) is 6.39. The Bertz CT molecular complexity index is 1140. The predicted octanol–water partition coefficient (Wildman–Crippen LogP) is 3.26. The van der Waals surface area contributed by atoms with Gasteiger partial charge in [-0.1, -0.05) is 11.6 Å². The summed E-state index contributed by atoms with van der Waals surface area (Å²) >= 11 is 6.15. The minimum Gasteiger partial charge on any atom is -0.500 e. The minimum atomic E-state index is -0.632. The number of hydrogen-bond acceptors (Lipinski definition) is 5. The molecule has 1 amide bonds. The SMILES string of the molecule is COC1=CN(c2ccc(-c3ccc4c(Cl)cc(C(N)=O)n4n3)c(C=O)c2)CC1. The van der Waals surface area contributed by atoms with Gasteiger partial charge in [-0.3, -0.25) is 9.59 Å². The molecule has 0 unspecified atom stereocenters. The van der Waals surface area contributed by atoms with Crippen LogP contribution in [0.2, 0.25) is 5.02 Å². The molecule has 1 aliphatic rings. The highest BCUT2D eigenvalue weighted by Gasteiger charge is 2.18. The van der Waals surface area contributed by atoms with E-state index in [2.05, 4.69) is 5.10 Å². The Balaban J connectivity index is 1.79. The maximum atomic E-state index is 11.7. The molecular formula is C20H17ClN4O3. The zero-order valence-electron chi connectivity index (χ0n) is 15.1. The molecule has 2 aromatic heterocycles. The molecule has 0 bridgehead atoms. The van der Waals surface area contributed by atoms with Crippen molar-refractivity contribution in [2.45, 2.75) is 6.42 Å². The van der Waals surface area contributed by atoms with Crippen molar-refractivity contribution < 1.29 is 14.3 Å². The zero-order valence-corrected chi connectivity index (χ0v) is 15.8. The second kappa shape index (κ2) is 7.01. The molecule has 142 valence electrons. The van der Waals surface area contributed by atoms with Gasteiger partial charge in [-0.25, -0.2) is 4.52 Å². The van der Waals surface area contributed by atoms with Crippen LogP contribution in [0.25, 0.3) is 16.8 Å². The van der Waals surface area contributed by atoms with Gasteiger partial charge in [-0.05, 0) is 36.4 Å². The second-order valence-corrected chi connectivity index (χ2v) is 6.80. The molecule has 0 saturated carbocycles. The number of primary amides is 1. The first-order valence-electron chi connectivity index (χ1n) is 8.61. The van der Waals surface area contributed by atoms with E-state index in [0.29, 0.717) is 27.4 Å². The molecule has 0 radical (unpaired) electrons. The summed E-state index contributed by atoms with van der Waals surface area (Å²) in [7, 11) is 1.64. The normalized spacial score (nSPS) is 13.6. The molecule has 1 aromatic carbocycles. The van der Waals surface area contributed by atoms with E-state index in [0.717, 1.165) is 30.7 Å². The summed E-state index contributed by atoms with van der Waals surface area (Å²) in [5.41, 5.74) is 8.72. The summed E-state index contributed by atoms with van der Waals surface area (Å²) in [6.07, 6.45) is 3.53. The Morgan fingerprint density at radius 3 is 2.79 bits per heavy atom. The van der Waals surface area contributed by atoms with E-state index in [1.807, 2.05) is 23.2 Å². The maximum Gasteiger partial charge on any atom is 0.267 e. The highest BCUT2D eigenvalue weighted by atomic mass is 35.5. The van der Waals surface area contributed by atoms with E-state index < -0.39 is 5.91 Å². The molecule has 0 spiro atoms. The lowest BCUT2D eigenvalue weighted by Crippen LogP contribution is -2.15. The van der Waals surface area contributed by atoms with Gasteiger partial charge in [0.1, 0.15) is 11.5 Å². The highest BCUT2D eigenvalue weighted by molar-refractivity contribution is 6.34. The molecule has 0 fully saturated rings. The van der Waals surface area contributed by atoms with Gasteiger partial charge in [0, 0.05) is 36.0 Å². The van der Waals surface area contributed by atoms with Gasteiger partial charge >= 0.3 is 0 Å². The predicted molar refractivity (Wildman–Crippen MR) is 107 cm³/mol. The third kappa shape index (κ3) is 2.99. The lowest BCUT2D eigenvalue weighted by Gasteiger charge is -2.16. The Morgan fingerprint density at radius 1 is 1.29 bits per heavy atom. The lowest BCUT2D eigenvalue weighted by atomic mass is 10.0. The number of nitrogens with two attached hydrogens (primary N) is 1. The van der Waals surface area contributed by atoms with Crippen molar-refractivity contribution >= 4 is 35.0 Å². The van der Waals surface area contributed by atoms with Crippen LogP contribution in [0.15, 0.2) is 48.4 Å². The molecular weight excluding hydrogens is 380 g/mol. The summed E-state index contributed by atoms with van der Waals surface area (Å²) in [6.45, 7) is 0.787. The van der Waals surface area contributed by atoms with Gasteiger partial charge in [0.15, 0.2) is 6.29 Å². The first-order valence-corrected chi connectivity index (χ1v) is 8.98. The molecule has 1 aliphatic heterocycles. The minimum absolute atomic E-state index is 0.181. The number of aldehydes is 1. The molecule has 3 heterocycles. The van der Waals surface area contributed by atoms with Gasteiger partial charge in [-0.2, -0.15) is 5.10 Å². The van der Waals surface area contributed by atoms with Crippen molar-refractivity contribution in [1.29, 1.82) is 0 Å². The number of carbonyl (C=O) groups excluding carboxylic acids is 2. The Labute approximate surface area is 165 Å². The van der Waals surface area contributed by atoms with Gasteiger partial charge in [0.25, 0.3) is 5.91 Å². The summed E-state index contributed by atoms with van der Waals surface area (Å²) in [6, 6.07) is 10.5. The van der Waals surface area contributed by atoms with E-state index in [4.69, 9.17) is 22.1 Å². The molecule has 8 heteroatoms. The van der Waals surface area contributed by atoms with Crippen molar-refractivity contribution in [3.05, 3.63) is 64.6 Å². The first-order chi connectivity index (χ1) is 13.5. The highest BCUT2D eigenvalue weighted by Crippen LogP contribution is 2.30. The number of methoxy groups -OCH3 is 1. The number of nitrogens with zero attached hydrogens (tertiary/aromatic N) is 3. The average molecular weight is 397 g/mol. The Morgan fingerprint density at radius 2 is 2.11 bits per heavy atom. The Hall–Kier alpha value is -3.32. The topological polar surface area (TPSA) is 89.9 Å². The lowest BCUT2D eigenvalue weighted by molar-refractivity contribution is 0.0993. The summed E-state index contributed by atoms with van der Waals surface area (Å²) < 4.78 is 6.67. The van der Waals surface area contributed by atoms with Gasteiger partial charge < -0.3 is 15.4 Å². The number of ether oxygens (including phenoxy) is 1. The number of anilines is 1. The van der Waals surface area contributed by atoms with Crippen molar-refractivity contribution in [1.82, 2.24) is 9.61 Å². The average Bonchev–Trinajstić information content (AvgIpc) is 3.32. The number of aromatic nitrogens is 2. The van der Waals surface area contributed by atoms with Crippen LogP contribution in [0.3, 0.4) is 0 Å². The number of carbonyl (C=O) groups is 2. The monoisotopic (exact) mass is 396 g/mol. The Kier molecular flexibility index (Phi) is 4.52. The standard InChI is InChI=1S/C20H17ClN4O3/c1-28-14-6-7-24(10-14)13-2-3-15(12(8-13)11-26)17-4-5-18-16(21)9-19(20(22)27)25(18)23-17/h2-5,8-11H,6-7H2,1H3,(H2,22,27). The van der Waals surface area contributed by atoms with Crippen LogP contribution < -0.4 is 10.6 Å². The maximum absolute atomic E-state index is 11.7. The molecule has 28 heavy (non-hydrogen) atoms. The van der Waals surface area contributed by atoms with Crippen LogP contribution in [0.4, 0.5) is 5.69 Å². The van der Waals surface area contributed by atoms with Crippen molar-refractivity contribution in [2.75, 3.05) is 18.6 Å². The van der Waals surface area contributed by atoms with Crippen molar-refractivity contribution in [2.24, 2.45) is 5.73 Å². The first kappa shape index (κ1) is 18.1. The van der Waals surface area contributed by atoms with Crippen LogP contribution in [-0.4, -0.2) is 35.5 Å². The molecule has 0 atom stereocenters. The number of amides is 1. The van der Waals surface area contributed by atoms with Gasteiger partial charge in [-0.15, -0.1) is 0 Å². The zero-order chi connectivity index (χ0) is 19.8. The fraction of sp³-hybridized carbons (Fsp3) is 0.150. The summed E-state index contributed by atoms with van der Waals surface area (Å²) in [5.74, 6) is 0.264. The van der Waals surface area contributed by atoms with E-state index in [1.165, 1.54) is 10.6 Å². The smallest absolute Gasteiger partial charge is 0.267 e. The van der Waals surface area contributed by atoms with Crippen LogP contribution in [0, 0.1) is 0 Å². The number of hydrogen-bond donors (Lipinski definition) is 1. The third-order valence-electron chi connectivity index (χ3n) is 4.75. The fourth-order valence-corrected chi connectivity index (χ4v) is 3.56. The van der Waals surface area contributed by atoms with Crippen LogP contribution in [0.1, 0.15) is 27.3 Å². The van der Waals surface area contributed by atoms with Gasteiger partial charge in [0.2, 0.25) is 0 Å². The number of fused-ring (bicyclic) bond motifs is 1. The summed E-state index contributed by atoms with van der Waals surface area (Å²) in [5, 5.41) is 4.86. The van der Waals surface area contributed by atoms with Crippen LogP contribution in [-0.2, 0) is 4.74 Å². The summed E-state index contributed by atoms with van der Waals surface area (Å²) in [4.78, 5) is 25.4. The van der Waals surface area contributed by atoms with Crippen molar-refractivity contribution in [3.63, 3.8) is 0 Å². The van der Waals surface area contributed by atoms with Crippen LogP contribution in [0.5, 0.6) is 0 Å². The number of halogens is 1. The molecule has 7 nitrogen and oxygen atoms in total. The van der Waals surface area contributed by atoms with E-state index in [-0.39, 0.29) is 5.69 Å². The quantitative estimate of drug-likeness (QED) is 0.668. The molecule has 0 saturated heterocycles. The van der Waals surface area contributed by atoms with E-state index >= 15 is 0 Å². The van der Waals surface area contributed by atoms with E-state index in [9.17, 15) is 9.59 Å². The number of rotatable bonds is 5. The molecule has 4 rings (SSSR count). The van der Waals surface area contributed by atoms with Crippen molar-refractivity contribution in [3.8, 4) is 11.3 Å². The molecule has 3 aromatic rings. The van der Waals surface area contributed by atoms with Crippen LogP contribution >= 0.6 is 11.6 Å². The van der Waals surface area contributed by atoms with Gasteiger partial charge in [0.05, 0.1) is 23.3 Å². The van der Waals surface area contributed by atoms with E-state index in [1.54, 1.807) is 25.3 Å². The molecule has 2 N–H and O–H groups in total. The third-order valence-corrected chi connectivity index (χ3v) is 5.06. The molecule has 0 aliphatic carbocycles.